The first-order chi connectivity index (χ1) is 9.65. The fraction of sp³-hybridized carbons (Fsp3) is 0.125. The third-order valence-corrected chi connectivity index (χ3v) is 3.53. The number of nitrogens with one attached hydrogen (secondary N) is 1. The molecule has 0 spiro atoms. The number of aryl methyl sites for hydroxylation is 1. The van der Waals surface area contributed by atoms with Crippen LogP contribution in [0, 0.1) is 13.8 Å². The maximum atomic E-state index is 5.62. The van der Waals surface area contributed by atoms with E-state index in [1.54, 1.807) is 6.20 Å². The Morgan fingerprint density at radius 3 is 2.60 bits per heavy atom. The number of hydrogen-bond donors (Lipinski definition) is 2. The summed E-state index contributed by atoms with van der Waals surface area (Å²) in [6.07, 6.45) is 1.66. The topological polar surface area (TPSA) is 67.6 Å². The number of aromatic nitrogens is 3. The molecule has 0 aliphatic rings. The smallest absolute Gasteiger partial charge is 0.220 e. The zero-order chi connectivity index (χ0) is 14.1. The monoisotopic (exact) mass is 264 g/mol. The summed E-state index contributed by atoms with van der Waals surface area (Å²) < 4.78 is 0. The molecule has 4 nitrogen and oxygen atoms in total. The number of hydrogen-bond acceptors (Lipinski definition) is 3. The lowest BCUT2D eigenvalue weighted by atomic mass is 10.0. The van der Waals surface area contributed by atoms with Gasteiger partial charge in [-0.1, -0.05) is 18.2 Å². The van der Waals surface area contributed by atoms with Gasteiger partial charge in [-0.2, -0.15) is 0 Å². The van der Waals surface area contributed by atoms with E-state index in [4.69, 9.17) is 5.73 Å². The van der Waals surface area contributed by atoms with Crippen LogP contribution >= 0.6 is 0 Å². The van der Waals surface area contributed by atoms with E-state index in [-0.39, 0.29) is 5.95 Å². The second-order valence-electron chi connectivity index (χ2n) is 4.83. The van der Waals surface area contributed by atoms with Crippen LogP contribution in [-0.2, 0) is 0 Å². The average Bonchev–Trinajstić information content (AvgIpc) is 2.91. The van der Waals surface area contributed by atoms with Gasteiger partial charge >= 0.3 is 0 Å². The predicted molar refractivity (Wildman–Crippen MR) is 81.1 cm³/mol. The van der Waals surface area contributed by atoms with E-state index in [0.717, 1.165) is 17.1 Å². The van der Waals surface area contributed by atoms with Crippen molar-refractivity contribution in [2.45, 2.75) is 13.8 Å². The van der Waals surface area contributed by atoms with Crippen molar-refractivity contribution in [3.05, 3.63) is 53.7 Å². The second-order valence-corrected chi connectivity index (χ2v) is 4.83. The number of aromatic amines is 1. The number of nitrogens with two attached hydrogens (primary N) is 1. The highest BCUT2D eigenvalue weighted by atomic mass is 15.0. The molecule has 1 aromatic carbocycles. The molecule has 0 unspecified atom stereocenters. The molecule has 3 rings (SSSR count). The fourth-order valence-corrected chi connectivity index (χ4v) is 2.27. The highest BCUT2D eigenvalue weighted by Crippen LogP contribution is 2.27. The summed E-state index contributed by atoms with van der Waals surface area (Å²) in [6.45, 7) is 4.25. The number of benzene rings is 1. The van der Waals surface area contributed by atoms with Gasteiger partial charge in [0.2, 0.25) is 5.95 Å². The Kier molecular flexibility index (Phi) is 2.99. The van der Waals surface area contributed by atoms with Gasteiger partial charge in [-0.15, -0.1) is 0 Å². The molecule has 0 saturated heterocycles. The van der Waals surface area contributed by atoms with Crippen LogP contribution in [0.5, 0.6) is 0 Å². The molecule has 0 amide bonds. The van der Waals surface area contributed by atoms with Crippen molar-refractivity contribution >= 4 is 5.95 Å². The Balaban J connectivity index is 2.04. The standard InChI is InChI=1S/C16H16N4/c1-10-4-3-5-12(11(10)2)13-6-7-14(19-13)15-8-9-18-16(17)20-15/h3-9,19H,1-2H3,(H2,17,18,20). The van der Waals surface area contributed by atoms with Gasteiger partial charge in [0, 0.05) is 17.5 Å². The van der Waals surface area contributed by atoms with E-state index < -0.39 is 0 Å². The van der Waals surface area contributed by atoms with Gasteiger partial charge in [0.1, 0.15) is 0 Å². The Bertz CT molecular complexity index is 759. The Morgan fingerprint density at radius 1 is 1.00 bits per heavy atom. The predicted octanol–water partition coefficient (Wildman–Crippen LogP) is 3.34. The Hall–Kier alpha value is -2.62. The first-order valence-corrected chi connectivity index (χ1v) is 6.49. The molecule has 20 heavy (non-hydrogen) atoms. The van der Waals surface area contributed by atoms with E-state index in [0.29, 0.717) is 0 Å². The van der Waals surface area contributed by atoms with Crippen LogP contribution in [0.1, 0.15) is 11.1 Å². The molecule has 0 fully saturated rings. The molecule has 2 heterocycles. The number of nitrogens with zero attached hydrogens (tertiary/aromatic N) is 2. The maximum absolute atomic E-state index is 5.62. The van der Waals surface area contributed by atoms with Crippen LogP contribution in [0.2, 0.25) is 0 Å². The highest BCUT2D eigenvalue weighted by Gasteiger charge is 2.08. The van der Waals surface area contributed by atoms with Crippen LogP contribution < -0.4 is 5.73 Å². The molecule has 0 atom stereocenters. The third-order valence-electron chi connectivity index (χ3n) is 3.53. The molecule has 0 radical (unpaired) electrons. The molecule has 3 N–H and O–H groups in total. The van der Waals surface area contributed by atoms with Gasteiger partial charge in [0.05, 0.1) is 11.4 Å². The molecule has 4 heteroatoms. The summed E-state index contributed by atoms with van der Waals surface area (Å²) in [7, 11) is 0. The van der Waals surface area contributed by atoms with Gasteiger partial charge in [-0.25, -0.2) is 9.97 Å². The van der Waals surface area contributed by atoms with Crippen molar-refractivity contribution in [3.63, 3.8) is 0 Å². The Morgan fingerprint density at radius 2 is 1.80 bits per heavy atom. The molecule has 0 saturated carbocycles. The lowest BCUT2D eigenvalue weighted by molar-refractivity contribution is 1.18. The molecule has 0 aliphatic carbocycles. The first kappa shape index (κ1) is 12.4. The quantitative estimate of drug-likeness (QED) is 0.746. The number of anilines is 1. The third kappa shape index (κ3) is 2.16. The van der Waals surface area contributed by atoms with Crippen LogP contribution in [0.25, 0.3) is 22.6 Å². The number of rotatable bonds is 2. The van der Waals surface area contributed by atoms with Gasteiger partial charge in [-0.05, 0) is 43.2 Å². The zero-order valence-corrected chi connectivity index (χ0v) is 11.5. The van der Waals surface area contributed by atoms with Gasteiger partial charge in [-0.3, -0.25) is 0 Å². The molecule has 100 valence electrons. The number of nitrogen functional groups attached to an aromatic ring is 1. The summed E-state index contributed by atoms with van der Waals surface area (Å²) in [5, 5.41) is 0. The molecule has 0 aliphatic heterocycles. The highest BCUT2D eigenvalue weighted by molar-refractivity contribution is 5.69. The van der Waals surface area contributed by atoms with Crippen molar-refractivity contribution < 1.29 is 0 Å². The van der Waals surface area contributed by atoms with Gasteiger partial charge < -0.3 is 10.7 Å². The van der Waals surface area contributed by atoms with Crippen molar-refractivity contribution in [2.75, 3.05) is 5.73 Å². The molecule has 0 bridgehead atoms. The van der Waals surface area contributed by atoms with E-state index in [1.807, 2.05) is 12.1 Å². The maximum Gasteiger partial charge on any atom is 0.220 e. The lowest BCUT2D eigenvalue weighted by Gasteiger charge is -2.06. The van der Waals surface area contributed by atoms with E-state index >= 15 is 0 Å². The minimum Gasteiger partial charge on any atom is -0.368 e. The minimum absolute atomic E-state index is 0.283. The van der Waals surface area contributed by atoms with Crippen molar-refractivity contribution in [1.29, 1.82) is 0 Å². The van der Waals surface area contributed by atoms with E-state index in [9.17, 15) is 0 Å². The van der Waals surface area contributed by atoms with E-state index in [1.165, 1.54) is 16.7 Å². The summed E-state index contributed by atoms with van der Waals surface area (Å²) in [5.74, 6) is 0.283. The van der Waals surface area contributed by atoms with Gasteiger partial charge in [0.15, 0.2) is 0 Å². The SMILES string of the molecule is Cc1cccc(-c2ccc(-c3ccnc(N)n3)[nH]2)c1C. The van der Waals surface area contributed by atoms with Crippen molar-refractivity contribution in [1.82, 2.24) is 15.0 Å². The van der Waals surface area contributed by atoms with Crippen LogP contribution in [0.15, 0.2) is 42.6 Å². The minimum atomic E-state index is 0.283. The molecule has 2 aromatic heterocycles. The molecule has 3 aromatic rings. The molecular weight excluding hydrogens is 248 g/mol. The summed E-state index contributed by atoms with van der Waals surface area (Å²) >= 11 is 0. The van der Waals surface area contributed by atoms with E-state index in [2.05, 4.69) is 53.1 Å². The summed E-state index contributed by atoms with van der Waals surface area (Å²) in [6, 6.07) is 12.2. The largest absolute Gasteiger partial charge is 0.368 e. The molecular formula is C16H16N4. The second kappa shape index (κ2) is 4.81. The van der Waals surface area contributed by atoms with Crippen LogP contribution in [0.4, 0.5) is 5.95 Å². The summed E-state index contributed by atoms with van der Waals surface area (Å²) in [4.78, 5) is 11.5. The zero-order valence-electron chi connectivity index (χ0n) is 11.5. The Labute approximate surface area is 117 Å². The number of H-pyrrole nitrogens is 1. The fourth-order valence-electron chi connectivity index (χ4n) is 2.27. The van der Waals surface area contributed by atoms with Crippen LogP contribution in [0.3, 0.4) is 0 Å². The first-order valence-electron chi connectivity index (χ1n) is 6.49. The normalized spacial score (nSPS) is 10.7. The van der Waals surface area contributed by atoms with Crippen LogP contribution in [-0.4, -0.2) is 15.0 Å². The van der Waals surface area contributed by atoms with Gasteiger partial charge in [0.25, 0.3) is 0 Å². The summed E-state index contributed by atoms with van der Waals surface area (Å²) in [5.41, 5.74) is 12.2. The average molecular weight is 264 g/mol. The van der Waals surface area contributed by atoms with Crippen molar-refractivity contribution in [2.24, 2.45) is 0 Å². The van der Waals surface area contributed by atoms with Crippen molar-refractivity contribution in [3.8, 4) is 22.6 Å². The lowest BCUT2D eigenvalue weighted by Crippen LogP contribution is -1.95.